The Bertz CT molecular complexity index is 2410. The number of nitrogens with zero attached hydrogens (tertiary/aromatic N) is 6. The molecule has 11 nitrogen and oxygen atoms in total. The van der Waals surface area contributed by atoms with Crippen molar-refractivity contribution in [2.45, 2.75) is 111 Å². The van der Waals surface area contributed by atoms with Crippen molar-refractivity contribution in [2.24, 2.45) is 16.2 Å². The molecule has 1 aliphatic heterocycles. The molecule has 2 N–H and O–H groups in total. The molecule has 4 saturated carbocycles. The third kappa shape index (κ3) is 7.46. The van der Waals surface area contributed by atoms with Crippen molar-refractivity contribution in [2.75, 3.05) is 37.0 Å². The van der Waals surface area contributed by atoms with Crippen LogP contribution in [0, 0.1) is 23.2 Å². The van der Waals surface area contributed by atoms with Crippen molar-refractivity contribution < 1.29 is 19.4 Å². The van der Waals surface area contributed by atoms with Gasteiger partial charge in [0.05, 0.1) is 28.6 Å². The number of ether oxygens (including phenoxy) is 1. The van der Waals surface area contributed by atoms with E-state index in [4.69, 9.17) is 14.8 Å². The van der Waals surface area contributed by atoms with Crippen molar-refractivity contribution in [3.8, 4) is 11.1 Å². The van der Waals surface area contributed by atoms with Crippen LogP contribution in [0.15, 0.2) is 60.8 Å². The van der Waals surface area contributed by atoms with E-state index in [1.54, 1.807) is 0 Å². The van der Waals surface area contributed by atoms with Gasteiger partial charge in [-0.15, -0.1) is 0 Å². The lowest BCUT2D eigenvalue weighted by Crippen LogP contribution is -2.64. The quantitative estimate of drug-likeness (QED) is 0.134. The molecule has 59 heavy (non-hydrogen) atoms. The number of fused-ring (bicyclic) bond motifs is 2. The Labute approximate surface area is 351 Å². The Hall–Kier alpha value is -4.65. The van der Waals surface area contributed by atoms with Crippen molar-refractivity contribution in [3.05, 3.63) is 88.9 Å². The summed E-state index contributed by atoms with van der Waals surface area (Å²) in [5.41, 5.74) is 6.19. The molecule has 5 aliphatic rings. The largest absolute Gasteiger partial charge is 0.476 e. The molecule has 5 aromatic rings. The zero-order valence-corrected chi connectivity index (χ0v) is 36.3. The summed E-state index contributed by atoms with van der Waals surface area (Å²) in [5, 5.41) is 19.1. The molecular formula is C47H57N7O4S. The maximum Gasteiger partial charge on any atom is 0.355 e. The summed E-state index contributed by atoms with van der Waals surface area (Å²) in [6.45, 7) is 17.3. The number of aromatic nitrogens is 4. The van der Waals surface area contributed by atoms with E-state index < -0.39 is 5.97 Å². The first-order valence-electron chi connectivity index (χ1n) is 21.1. The molecule has 2 unspecified atom stereocenters. The Morgan fingerprint density at radius 3 is 2.44 bits per heavy atom. The zero-order valence-electron chi connectivity index (χ0n) is 35.5. The average Bonchev–Trinajstić information content (AvgIpc) is 3.73. The fourth-order valence-electron chi connectivity index (χ4n) is 12.2. The lowest BCUT2D eigenvalue weighted by molar-refractivity contribution is -0.249. The summed E-state index contributed by atoms with van der Waals surface area (Å²) in [4.78, 5) is 40.4. The van der Waals surface area contributed by atoms with E-state index >= 15 is 0 Å². The number of hydrogen-bond donors (Lipinski definition) is 2. The van der Waals surface area contributed by atoms with Crippen LogP contribution in [0.1, 0.15) is 111 Å². The average molecular weight is 816 g/mol. The van der Waals surface area contributed by atoms with Gasteiger partial charge in [-0.05, 0) is 137 Å². The van der Waals surface area contributed by atoms with Crippen LogP contribution in [0.5, 0.6) is 0 Å². The third-order valence-corrected chi connectivity index (χ3v) is 14.9. The number of benzene rings is 2. The van der Waals surface area contributed by atoms with E-state index in [1.165, 1.54) is 17.8 Å². The topological polar surface area (TPSA) is 126 Å². The van der Waals surface area contributed by atoms with Crippen molar-refractivity contribution in [1.29, 1.82) is 0 Å². The van der Waals surface area contributed by atoms with Crippen LogP contribution in [-0.2, 0) is 24.2 Å². The number of pyridine rings is 1. The Balaban J connectivity index is 0.945. The first-order chi connectivity index (χ1) is 27.9. The molecule has 4 aliphatic carbocycles. The number of nitrogens with one attached hydrogen (secondary N) is 1. The predicted molar refractivity (Wildman–Crippen MR) is 233 cm³/mol. The number of anilines is 2. The van der Waals surface area contributed by atoms with Gasteiger partial charge in [-0.1, -0.05) is 49.4 Å². The first kappa shape index (κ1) is 39.8. The molecule has 0 saturated heterocycles. The van der Waals surface area contributed by atoms with E-state index in [0.717, 1.165) is 84.4 Å². The second-order valence-electron chi connectivity index (χ2n) is 20.0. The molecule has 1 amide bonds. The number of thiazole rings is 1. The van der Waals surface area contributed by atoms with Crippen LogP contribution in [0.25, 0.3) is 21.3 Å². The minimum atomic E-state index is -1.08. The maximum absolute atomic E-state index is 13.7. The fourth-order valence-corrected chi connectivity index (χ4v) is 13.0. The van der Waals surface area contributed by atoms with Crippen LogP contribution < -0.4 is 10.2 Å². The minimum absolute atomic E-state index is 0.000200. The fraction of sp³-hybridized carbons (Fsp3) is 0.511. The number of para-hydroxylation sites is 1. The number of aromatic carboxylic acids is 1. The van der Waals surface area contributed by atoms with Crippen LogP contribution >= 0.6 is 11.3 Å². The lowest BCUT2D eigenvalue weighted by atomic mass is 9.39. The summed E-state index contributed by atoms with van der Waals surface area (Å²) in [5.74, 6) is -0.731. The van der Waals surface area contributed by atoms with E-state index in [9.17, 15) is 14.7 Å². The molecule has 310 valence electrons. The minimum Gasteiger partial charge on any atom is -0.476 e. The Kier molecular flexibility index (Phi) is 9.60. The summed E-state index contributed by atoms with van der Waals surface area (Å²) in [7, 11) is 2.18. The van der Waals surface area contributed by atoms with Gasteiger partial charge in [0.1, 0.15) is 5.82 Å². The number of carbonyl (C=O) groups is 2. The van der Waals surface area contributed by atoms with Gasteiger partial charge < -0.3 is 14.7 Å². The molecular weight excluding hydrogens is 759 g/mol. The summed E-state index contributed by atoms with van der Waals surface area (Å²) < 4.78 is 10.1. The van der Waals surface area contributed by atoms with Crippen molar-refractivity contribution >= 4 is 44.4 Å². The highest BCUT2D eigenvalue weighted by molar-refractivity contribution is 7.22. The second-order valence-corrected chi connectivity index (χ2v) is 21.1. The predicted octanol–water partition coefficient (Wildman–Crippen LogP) is 9.24. The third-order valence-electron chi connectivity index (χ3n) is 13.9. The lowest BCUT2D eigenvalue weighted by Gasteiger charge is -2.69. The molecule has 12 heteroatoms. The highest BCUT2D eigenvalue weighted by atomic mass is 32.1. The Morgan fingerprint density at radius 1 is 0.949 bits per heavy atom. The second kappa shape index (κ2) is 14.2. The van der Waals surface area contributed by atoms with Gasteiger partial charge in [0, 0.05) is 54.1 Å². The van der Waals surface area contributed by atoms with Crippen LogP contribution in [0.3, 0.4) is 0 Å². The first-order valence-corrected chi connectivity index (χ1v) is 21.9. The van der Waals surface area contributed by atoms with E-state index in [1.807, 2.05) is 54.7 Å². The highest BCUT2D eigenvalue weighted by Gasteiger charge is 2.66. The molecule has 2 aromatic carbocycles. The maximum atomic E-state index is 13.7. The van der Waals surface area contributed by atoms with Crippen LogP contribution in [-0.4, -0.2) is 79.5 Å². The van der Waals surface area contributed by atoms with Gasteiger partial charge in [0.15, 0.2) is 10.8 Å². The molecule has 4 fully saturated rings. The zero-order chi connectivity index (χ0) is 41.5. The molecule has 2 atom stereocenters. The van der Waals surface area contributed by atoms with Gasteiger partial charge in [-0.3, -0.25) is 19.7 Å². The number of likely N-dealkylation sites (N-methyl/N-ethyl adjacent to an activating group) is 1. The SMILES string of the molecule is Cc1c(-c2ccc(N3CCc4cccc(C(=O)Nc5nc6ccccc6s5)c4C3)nc2C(=O)O)cnn1CC12CC3(C)CC(C)(C1)CC(OCCN(C)C(C)(C)C)(C3)C2. The van der Waals surface area contributed by atoms with E-state index in [0.29, 0.717) is 41.6 Å². The molecule has 0 spiro atoms. The summed E-state index contributed by atoms with van der Waals surface area (Å²) >= 11 is 1.45. The number of carboxylic acids is 1. The number of carboxylic acid groups (broad SMARTS) is 1. The number of rotatable bonds is 11. The van der Waals surface area contributed by atoms with Gasteiger partial charge in [-0.2, -0.15) is 5.10 Å². The monoisotopic (exact) mass is 815 g/mol. The highest BCUT2D eigenvalue weighted by Crippen LogP contribution is 2.72. The van der Waals surface area contributed by atoms with Gasteiger partial charge in [0.2, 0.25) is 0 Å². The van der Waals surface area contributed by atoms with Crippen LogP contribution in [0.2, 0.25) is 0 Å². The number of amides is 1. The number of carbonyl (C=O) groups excluding carboxylic acids is 1. The summed E-state index contributed by atoms with van der Waals surface area (Å²) in [6.07, 6.45) is 9.32. The Morgan fingerprint density at radius 2 is 1.71 bits per heavy atom. The van der Waals surface area contributed by atoms with Gasteiger partial charge >= 0.3 is 5.97 Å². The van der Waals surface area contributed by atoms with Crippen LogP contribution in [0.4, 0.5) is 10.9 Å². The van der Waals surface area contributed by atoms with Gasteiger partial charge in [0.25, 0.3) is 5.91 Å². The normalized spacial score (nSPS) is 26.1. The molecule has 10 rings (SSSR count). The molecule has 3 aromatic heterocycles. The van der Waals surface area contributed by atoms with E-state index in [2.05, 4.69) is 79.4 Å². The number of hydrogen-bond acceptors (Lipinski definition) is 9. The van der Waals surface area contributed by atoms with E-state index in [-0.39, 0.29) is 39.0 Å². The van der Waals surface area contributed by atoms with Crippen molar-refractivity contribution in [3.63, 3.8) is 0 Å². The molecule has 0 radical (unpaired) electrons. The summed E-state index contributed by atoms with van der Waals surface area (Å²) in [6, 6.07) is 17.4. The smallest absolute Gasteiger partial charge is 0.355 e. The molecule has 4 heterocycles. The van der Waals surface area contributed by atoms with Crippen molar-refractivity contribution in [1.82, 2.24) is 24.6 Å². The van der Waals surface area contributed by atoms with Gasteiger partial charge in [-0.25, -0.2) is 14.8 Å². The standard InChI is InChI=1S/C47H57N7O4S/c1-30-34(21-48-54(30)29-46-24-44(5)23-45(6,25-46)27-47(26-44,28-46)58-20-19-52(7)43(2,3)4)32-15-16-38(50-39(32)41(56)57)53-18-17-31-11-10-12-33(35(31)22-53)40(55)51-42-49-36-13-8-9-14-37(36)59-42/h8-16,21H,17-20,22-29H2,1-7H3,(H,56,57)(H,49,51,55). The molecule has 4 bridgehead atoms.